The van der Waals surface area contributed by atoms with Crippen LogP contribution in [0.3, 0.4) is 0 Å². The molecule has 6 nitrogen and oxygen atoms in total. The molecule has 2 aromatic rings. The summed E-state index contributed by atoms with van der Waals surface area (Å²) in [6.07, 6.45) is 5.21. The van der Waals surface area contributed by atoms with E-state index in [4.69, 9.17) is 23.2 Å². The summed E-state index contributed by atoms with van der Waals surface area (Å²) in [5.41, 5.74) is -0.409. The number of aliphatic hydroxyl groups is 1. The molecule has 3 atom stereocenters. The van der Waals surface area contributed by atoms with Gasteiger partial charge in [0.25, 0.3) is 0 Å². The molecule has 6 rings (SSSR count). The summed E-state index contributed by atoms with van der Waals surface area (Å²) in [6, 6.07) is 9.19. The SMILES string of the molecule is CC1(C)CCC2(CC1)N[C@@H](C(=O)NC1CCC(O)CC1)[C@H](c1cccc(Cl)c1F)[C@]21C(=O)Nc2cc(Cl)ccc21. The summed E-state index contributed by atoms with van der Waals surface area (Å²) in [4.78, 5) is 28.7. The summed E-state index contributed by atoms with van der Waals surface area (Å²) in [6.45, 7) is 4.44. The fraction of sp³-hybridized carbons (Fsp3) is 0.548. The van der Waals surface area contributed by atoms with Crippen molar-refractivity contribution >= 4 is 40.7 Å². The van der Waals surface area contributed by atoms with Crippen molar-refractivity contribution in [1.82, 2.24) is 10.6 Å². The monoisotopic (exact) mass is 587 g/mol. The van der Waals surface area contributed by atoms with Crippen molar-refractivity contribution in [2.45, 2.75) is 100 Å². The van der Waals surface area contributed by atoms with Crippen LogP contribution < -0.4 is 16.0 Å². The fourth-order valence-electron chi connectivity index (χ4n) is 7.93. The lowest BCUT2D eigenvalue weighted by Gasteiger charge is -2.50. The highest BCUT2D eigenvalue weighted by atomic mass is 35.5. The summed E-state index contributed by atoms with van der Waals surface area (Å²) >= 11 is 12.7. The van der Waals surface area contributed by atoms with Crippen molar-refractivity contribution < 1.29 is 19.1 Å². The molecular weight excluding hydrogens is 552 g/mol. The van der Waals surface area contributed by atoms with Gasteiger partial charge in [0.05, 0.1) is 17.2 Å². The van der Waals surface area contributed by atoms with E-state index in [2.05, 4.69) is 29.8 Å². The molecule has 2 saturated carbocycles. The number of fused-ring (bicyclic) bond motifs is 3. The highest BCUT2D eigenvalue weighted by Gasteiger charge is 2.73. The third-order valence-electron chi connectivity index (χ3n) is 10.1. The van der Waals surface area contributed by atoms with Gasteiger partial charge in [0.1, 0.15) is 11.2 Å². The molecule has 4 aliphatic rings. The van der Waals surface area contributed by atoms with E-state index in [1.165, 1.54) is 6.07 Å². The Morgan fingerprint density at radius 2 is 1.75 bits per heavy atom. The van der Waals surface area contributed by atoms with Gasteiger partial charge in [-0.05, 0) is 86.1 Å². The first-order valence-corrected chi connectivity index (χ1v) is 15.0. The molecule has 2 aliphatic carbocycles. The predicted octanol–water partition coefficient (Wildman–Crippen LogP) is 5.84. The maximum absolute atomic E-state index is 16.0. The number of halogens is 3. The summed E-state index contributed by atoms with van der Waals surface area (Å²) in [5, 5.41) is 20.4. The molecule has 214 valence electrons. The number of hydrogen-bond donors (Lipinski definition) is 4. The highest BCUT2D eigenvalue weighted by molar-refractivity contribution is 6.31. The average molecular weight is 589 g/mol. The standard InChI is InChI=1S/C31H36Cl2FN3O3/c1-29(2)12-14-30(15-13-29)31(21-11-6-17(32)16-23(21)36-28(31)40)24(20-4-3-5-22(33)25(20)34)26(37-30)27(39)35-18-7-9-19(38)10-8-18/h3-6,11,16,18-19,24,26,37-38H,7-10,12-15H2,1-2H3,(H,35,39)(H,36,40)/t18?,19?,24-,26+,31+/m0/s1. The van der Waals surface area contributed by atoms with Gasteiger partial charge >= 0.3 is 0 Å². The van der Waals surface area contributed by atoms with Gasteiger partial charge in [0, 0.05) is 28.2 Å². The largest absolute Gasteiger partial charge is 0.393 e. The smallest absolute Gasteiger partial charge is 0.238 e. The second kappa shape index (κ2) is 9.97. The van der Waals surface area contributed by atoms with Crippen LogP contribution in [0, 0.1) is 11.2 Å². The van der Waals surface area contributed by atoms with Crippen molar-refractivity contribution in [3.05, 3.63) is 63.4 Å². The van der Waals surface area contributed by atoms with Crippen LogP contribution in [0.25, 0.3) is 0 Å². The number of nitrogens with one attached hydrogen (secondary N) is 3. The zero-order valence-electron chi connectivity index (χ0n) is 22.8. The second-order valence-electron chi connectivity index (χ2n) is 13.0. The second-order valence-corrected chi connectivity index (χ2v) is 13.8. The zero-order chi connectivity index (χ0) is 28.4. The van der Waals surface area contributed by atoms with Gasteiger partial charge in [-0.15, -0.1) is 0 Å². The van der Waals surface area contributed by atoms with Gasteiger partial charge in [-0.3, -0.25) is 14.9 Å². The van der Waals surface area contributed by atoms with Crippen LogP contribution in [-0.2, 0) is 15.0 Å². The zero-order valence-corrected chi connectivity index (χ0v) is 24.3. The molecule has 40 heavy (non-hydrogen) atoms. The first-order chi connectivity index (χ1) is 19.0. The molecule has 2 spiro atoms. The van der Waals surface area contributed by atoms with E-state index in [1.807, 2.05) is 6.07 Å². The first-order valence-electron chi connectivity index (χ1n) is 14.3. The Balaban J connectivity index is 1.54. The molecule has 4 N–H and O–H groups in total. The number of amides is 2. The fourth-order valence-corrected chi connectivity index (χ4v) is 8.28. The lowest BCUT2D eigenvalue weighted by molar-refractivity contribution is -0.125. The number of carbonyl (C=O) groups is 2. The van der Waals surface area contributed by atoms with Crippen molar-refractivity contribution in [3.8, 4) is 0 Å². The third-order valence-corrected chi connectivity index (χ3v) is 10.6. The van der Waals surface area contributed by atoms with Crippen molar-refractivity contribution in [2.75, 3.05) is 5.32 Å². The minimum atomic E-state index is -1.26. The topological polar surface area (TPSA) is 90.5 Å². The number of benzene rings is 2. The van der Waals surface area contributed by atoms with E-state index in [0.29, 0.717) is 49.2 Å². The molecule has 0 radical (unpaired) electrons. The molecule has 3 fully saturated rings. The van der Waals surface area contributed by atoms with Crippen molar-refractivity contribution in [2.24, 2.45) is 5.41 Å². The summed E-state index contributed by atoms with van der Waals surface area (Å²) < 4.78 is 16.0. The van der Waals surface area contributed by atoms with Crippen LogP contribution in [0.15, 0.2) is 36.4 Å². The summed E-state index contributed by atoms with van der Waals surface area (Å²) in [5.74, 6) is -1.99. The van der Waals surface area contributed by atoms with E-state index in [1.54, 1.807) is 24.3 Å². The number of hydrogen-bond acceptors (Lipinski definition) is 4. The molecule has 0 aromatic heterocycles. The molecule has 2 heterocycles. The Hall–Kier alpha value is -2.19. The van der Waals surface area contributed by atoms with E-state index in [9.17, 15) is 14.7 Å². The van der Waals surface area contributed by atoms with E-state index >= 15 is 4.39 Å². The van der Waals surface area contributed by atoms with Crippen LogP contribution in [0.4, 0.5) is 10.1 Å². The number of rotatable bonds is 3. The maximum Gasteiger partial charge on any atom is 0.238 e. The average Bonchev–Trinajstić information content (AvgIpc) is 3.37. The lowest BCUT2D eigenvalue weighted by atomic mass is 9.53. The normalized spacial score (nSPS) is 32.2. The lowest BCUT2D eigenvalue weighted by Crippen LogP contribution is -2.61. The Morgan fingerprint density at radius 1 is 1.05 bits per heavy atom. The van der Waals surface area contributed by atoms with E-state index in [-0.39, 0.29) is 40.0 Å². The van der Waals surface area contributed by atoms with Crippen LogP contribution in [-0.4, -0.2) is 40.6 Å². The molecule has 0 bridgehead atoms. The Labute approximate surface area is 244 Å². The van der Waals surface area contributed by atoms with Crippen LogP contribution in [0.2, 0.25) is 10.0 Å². The van der Waals surface area contributed by atoms with E-state index in [0.717, 1.165) is 18.4 Å². The Morgan fingerprint density at radius 3 is 2.45 bits per heavy atom. The molecule has 2 amide bonds. The van der Waals surface area contributed by atoms with Crippen molar-refractivity contribution in [3.63, 3.8) is 0 Å². The van der Waals surface area contributed by atoms with Gasteiger partial charge in [-0.1, -0.05) is 55.2 Å². The van der Waals surface area contributed by atoms with Crippen LogP contribution in [0.1, 0.15) is 82.3 Å². The molecule has 2 aromatic carbocycles. The molecule has 1 saturated heterocycles. The molecule has 0 unspecified atom stereocenters. The van der Waals surface area contributed by atoms with Gasteiger partial charge in [0.15, 0.2) is 0 Å². The first kappa shape index (κ1) is 28.0. The van der Waals surface area contributed by atoms with Crippen molar-refractivity contribution in [1.29, 1.82) is 0 Å². The number of anilines is 1. The van der Waals surface area contributed by atoms with E-state index < -0.39 is 28.7 Å². The maximum atomic E-state index is 16.0. The minimum absolute atomic E-state index is 0.0476. The quantitative estimate of drug-likeness (QED) is 0.363. The third kappa shape index (κ3) is 4.27. The Kier molecular flexibility index (Phi) is 6.97. The van der Waals surface area contributed by atoms with Gasteiger partial charge < -0.3 is 15.7 Å². The van der Waals surface area contributed by atoms with Gasteiger partial charge in [-0.2, -0.15) is 0 Å². The molecule has 9 heteroatoms. The number of carbonyl (C=O) groups excluding carboxylic acids is 2. The molecule has 2 aliphatic heterocycles. The van der Waals surface area contributed by atoms with Crippen LogP contribution in [0.5, 0.6) is 0 Å². The predicted molar refractivity (Wildman–Crippen MR) is 154 cm³/mol. The number of aliphatic hydroxyl groups excluding tert-OH is 1. The summed E-state index contributed by atoms with van der Waals surface area (Å²) in [7, 11) is 0. The highest BCUT2D eigenvalue weighted by Crippen LogP contribution is 2.64. The van der Waals surface area contributed by atoms with Gasteiger partial charge in [-0.25, -0.2) is 4.39 Å². The van der Waals surface area contributed by atoms with Gasteiger partial charge in [0.2, 0.25) is 11.8 Å². The van der Waals surface area contributed by atoms with Crippen LogP contribution >= 0.6 is 23.2 Å². The molecular formula is C31H36Cl2FN3O3. The minimum Gasteiger partial charge on any atom is -0.393 e. The Bertz CT molecular complexity index is 1350.